The number of hydrogen-bond donors (Lipinski definition) is 0. The van der Waals surface area contributed by atoms with E-state index in [0.29, 0.717) is 11.2 Å². The second kappa shape index (κ2) is 3.98. The van der Waals surface area contributed by atoms with Crippen molar-refractivity contribution in [2.24, 2.45) is 0 Å². The zero-order valence-electron chi connectivity index (χ0n) is 7.95. The summed E-state index contributed by atoms with van der Waals surface area (Å²) >= 11 is 0. The van der Waals surface area contributed by atoms with Gasteiger partial charge in [-0.25, -0.2) is 13.9 Å². The standard InChI is InChI=1S/C7H6FN3.C2H6/c1-5-7-6(8)2-3-11(7)10-4-9-5;1-2/h2-4H,1H3;1-2H3. The van der Waals surface area contributed by atoms with Crippen LogP contribution in [0.4, 0.5) is 4.39 Å². The fourth-order valence-corrected chi connectivity index (χ4v) is 1.06. The minimum absolute atomic E-state index is 0.275. The van der Waals surface area contributed by atoms with E-state index in [-0.39, 0.29) is 5.82 Å². The maximum absolute atomic E-state index is 12.9. The van der Waals surface area contributed by atoms with E-state index in [0.717, 1.165) is 0 Å². The van der Waals surface area contributed by atoms with Crippen LogP contribution in [-0.2, 0) is 0 Å². The van der Waals surface area contributed by atoms with Crippen molar-refractivity contribution < 1.29 is 4.39 Å². The molecule has 0 saturated heterocycles. The van der Waals surface area contributed by atoms with E-state index in [4.69, 9.17) is 0 Å². The van der Waals surface area contributed by atoms with Crippen molar-refractivity contribution in [2.75, 3.05) is 0 Å². The molecule has 2 aromatic heterocycles. The van der Waals surface area contributed by atoms with Crippen LogP contribution >= 0.6 is 0 Å². The second-order valence-electron chi connectivity index (χ2n) is 2.30. The highest BCUT2D eigenvalue weighted by Gasteiger charge is 2.04. The molecule has 0 atom stereocenters. The number of nitrogens with zero attached hydrogens (tertiary/aromatic N) is 3. The van der Waals surface area contributed by atoms with Crippen molar-refractivity contribution >= 4 is 5.52 Å². The molecule has 2 heterocycles. The van der Waals surface area contributed by atoms with E-state index in [1.54, 1.807) is 13.1 Å². The average molecular weight is 181 g/mol. The molecule has 70 valence electrons. The zero-order chi connectivity index (χ0) is 9.84. The number of fused-ring (bicyclic) bond motifs is 1. The van der Waals surface area contributed by atoms with Crippen molar-refractivity contribution in [1.82, 2.24) is 14.6 Å². The largest absolute Gasteiger partial charge is 0.237 e. The number of halogens is 1. The van der Waals surface area contributed by atoms with Crippen LogP contribution in [0.2, 0.25) is 0 Å². The first-order valence-corrected chi connectivity index (χ1v) is 4.23. The van der Waals surface area contributed by atoms with Crippen LogP contribution in [0.5, 0.6) is 0 Å². The molecule has 0 amide bonds. The monoisotopic (exact) mass is 181 g/mol. The average Bonchev–Trinajstić information content (AvgIpc) is 2.53. The lowest BCUT2D eigenvalue weighted by molar-refractivity contribution is 0.637. The number of aromatic nitrogens is 3. The quantitative estimate of drug-likeness (QED) is 0.623. The van der Waals surface area contributed by atoms with Gasteiger partial charge in [-0.2, -0.15) is 5.10 Å². The zero-order valence-corrected chi connectivity index (χ0v) is 7.95. The molecule has 0 spiro atoms. The predicted molar refractivity (Wildman–Crippen MR) is 49.0 cm³/mol. The van der Waals surface area contributed by atoms with Crippen molar-refractivity contribution in [3.63, 3.8) is 0 Å². The summed E-state index contributed by atoms with van der Waals surface area (Å²) in [5, 5.41) is 3.83. The molecule has 0 unspecified atom stereocenters. The van der Waals surface area contributed by atoms with Gasteiger partial charge in [-0.1, -0.05) is 13.8 Å². The highest BCUT2D eigenvalue weighted by Crippen LogP contribution is 2.10. The van der Waals surface area contributed by atoms with Crippen LogP contribution < -0.4 is 0 Å². The summed E-state index contributed by atoms with van der Waals surface area (Å²) in [6.45, 7) is 5.75. The number of rotatable bonds is 0. The summed E-state index contributed by atoms with van der Waals surface area (Å²) in [5.74, 6) is -0.275. The summed E-state index contributed by atoms with van der Waals surface area (Å²) in [4.78, 5) is 3.87. The Morgan fingerprint density at radius 2 is 2.08 bits per heavy atom. The molecule has 0 fully saturated rings. The molecule has 0 aromatic carbocycles. The van der Waals surface area contributed by atoms with E-state index in [9.17, 15) is 4.39 Å². The van der Waals surface area contributed by atoms with Gasteiger partial charge in [-0.3, -0.25) is 0 Å². The molecule has 0 radical (unpaired) electrons. The van der Waals surface area contributed by atoms with Crippen molar-refractivity contribution in [3.8, 4) is 0 Å². The smallest absolute Gasteiger partial charge is 0.152 e. The lowest BCUT2D eigenvalue weighted by Gasteiger charge is -1.94. The molecule has 3 nitrogen and oxygen atoms in total. The molecule has 0 N–H and O–H groups in total. The van der Waals surface area contributed by atoms with Crippen LogP contribution in [0, 0.1) is 12.7 Å². The minimum Gasteiger partial charge on any atom is -0.237 e. The van der Waals surface area contributed by atoms with Gasteiger partial charge >= 0.3 is 0 Å². The summed E-state index contributed by atoms with van der Waals surface area (Å²) in [6, 6.07) is 1.37. The topological polar surface area (TPSA) is 30.2 Å². The van der Waals surface area contributed by atoms with Gasteiger partial charge in [0.25, 0.3) is 0 Å². The van der Waals surface area contributed by atoms with Crippen LogP contribution in [0.15, 0.2) is 18.6 Å². The normalized spacial score (nSPS) is 9.54. The Kier molecular flexibility index (Phi) is 2.95. The molecule has 0 aliphatic heterocycles. The van der Waals surface area contributed by atoms with Crippen LogP contribution in [0.3, 0.4) is 0 Å². The Labute approximate surface area is 76.2 Å². The minimum atomic E-state index is -0.275. The Morgan fingerprint density at radius 3 is 2.69 bits per heavy atom. The molecule has 0 bridgehead atoms. The molecule has 0 aliphatic carbocycles. The van der Waals surface area contributed by atoms with Gasteiger partial charge in [0.05, 0.1) is 5.69 Å². The summed E-state index contributed by atoms with van der Waals surface area (Å²) in [6.07, 6.45) is 2.97. The van der Waals surface area contributed by atoms with E-state index in [1.165, 1.54) is 16.9 Å². The molecule has 4 heteroatoms. The summed E-state index contributed by atoms with van der Waals surface area (Å²) in [5.41, 5.74) is 1.11. The predicted octanol–water partition coefficient (Wildman–Crippen LogP) is 2.20. The van der Waals surface area contributed by atoms with Gasteiger partial charge in [0.15, 0.2) is 5.82 Å². The van der Waals surface area contributed by atoms with Crippen molar-refractivity contribution in [2.45, 2.75) is 20.8 Å². The molecule has 2 rings (SSSR count). The van der Waals surface area contributed by atoms with Gasteiger partial charge < -0.3 is 0 Å². The Morgan fingerprint density at radius 1 is 1.38 bits per heavy atom. The molecule has 0 aliphatic rings. The highest BCUT2D eigenvalue weighted by molar-refractivity contribution is 5.51. The third-order valence-corrected chi connectivity index (χ3v) is 1.59. The van der Waals surface area contributed by atoms with E-state index in [2.05, 4.69) is 10.1 Å². The number of hydrogen-bond acceptors (Lipinski definition) is 2. The van der Waals surface area contributed by atoms with Crippen LogP contribution in [-0.4, -0.2) is 14.6 Å². The Balaban J connectivity index is 0.000000396. The maximum atomic E-state index is 12.9. The fraction of sp³-hybridized carbons (Fsp3) is 0.333. The Bertz CT molecular complexity index is 395. The van der Waals surface area contributed by atoms with Gasteiger partial charge in [0.1, 0.15) is 11.8 Å². The maximum Gasteiger partial charge on any atom is 0.152 e. The first kappa shape index (κ1) is 9.64. The second-order valence-corrected chi connectivity index (χ2v) is 2.30. The van der Waals surface area contributed by atoms with E-state index >= 15 is 0 Å². The van der Waals surface area contributed by atoms with Gasteiger partial charge in [-0.15, -0.1) is 0 Å². The summed E-state index contributed by atoms with van der Waals surface area (Å²) < 4.78 is 14.4. The first-order valence-electron chi connectivity index (χ1n) is 4.23. The lowest BCUT2D eigenvalue weighted by atomic mass is 10.4. The SMILES string of the molecule is CC.Cc1ncnn2ccc(F)c12. The number of aryl methyl sites for hydroxylation is 1. The van der Waals surface area contributed by atoms with E-state index < -0.39 is 0 Å². The molecule has 13 heavy (non-hydrogen) atoms. The molecular weight excluding hydrogens is 169 g/mol. The highest BCUT2D eigenvalue weighted by atomic mass is 19.1. The third-order valence-electron chi connectivity index (χ3n) is 1.59. The van der Waals surface area contributed by atoms with Crippen LogP contribution in [0.25, 0.3) is 5.52 Å². The van der Waals surface area contributed by atoms with Gasteiger partial charge in [0.2, 0.25) is 0 Å². The molecular formula is C9H12FN3. The van der Waals surface area contributed by atoms with Crippen molar-refractivity contribution in [3.05, 3.63) is 30.1 Å². The summed E-state index contributed by atoms with van der Waals surface area (Å²) in [7, 11) is 0. The lowest BCUT2D eigenvalue weighted by Crippen LogP contribution is -1.94. The van der Waals surface area contributed by atoms with Gasteiger partial charge in [-0.05, 0) is 13.0 Å². The first-order chi connectivity index (χ1) is 6.29. The van der Waals surface area contributed by atoms with Gasteiger partial charge in [0, 0.05) is 6.20 Å². The molecule has 0 saturated carbocycles. The van der Waals surface area contributed by atoms with Crippen LogP contribution in [0.1, 0.15) is 19.5 Å². The Hall–Kier alpha value is -1.45. The van der Waals surface area contributed by atoms with E-state index in [1.807, 2.05) is 13.8 Å². The third kappa shape index (κ3) is 1.66. The molecule has 2 aromatic rings. The fourth-order valence-electron chi connectivity index (χ4n) is 1.06. The van der Waals surface area contributed by atoms with Crippen molar-refractivity contribution in [1.29, 1.82) is 0 Å².